The number of hydrogen-bond donors (Lipinski definition) is 0. The Balaban J connectivity index is 0.000000194. The van der Waals surface area contributed by atoms with Gasteiger partial charge in [0.1, 0.15) is 23.1 Å². The van der Waals surface area contributed by atoms with E-state index in [0.717, 1.165) is 28.7 Å². The molecule has 0 radical (unpaired) electrons. The Kier molecular flexibility index (Phi) is 8.13. The van der Waals surface area contributed by atoms with E-state index in [-0.39, 0.29) is 68.3 Å². The Hall–Kier alpha value is -4.44. The molecule has 0 aliphatic heterocycles. The molecule has 10 rings (SSSR count). The minimum absolute atomic E-state index is 0. The third-order valence-corrected chi connectivity index (χ3v) is 17.3. The van der Waals surface area contributed by atoms with Gasteiger partial charge in [0.05, 0.1) is 10.8 Å². The van der Waals surface area contributed by atoms with Crippen molar-refractivity contribution in [2.75, 3.05) is 0 Å². The molecule has 0 bridgehead atoms. The highest BCUT2D eigenvalue weighted by Crippen LogP contribution is 2.83. The number of rotatable bonds is 6. The molecule has 300 valence electrons. The van der Waals surface area contributed by atoms with Crippen LogP contribution in [0.5, 0.6) is 0 Å². The van der Waals surface area contributed by atoms with Gasteiger partial charge in [-0.1, -0.05) is 169 Å². The normalized spacial score (nSPS) is 37.3. The zero-order valence-corrected chi connectivity index (χ0v) is 35.2. The number of carbonyl (C=O) groups is 4. The van der Waals surface area contributed by atoms with Gasteiger partial charge < -0.3 is 20.8 Å². The molecule has 58 heavy (non-hydrogen) atoms. The van der Waals surface area contributed by atoms with Gasteiger partial charge in [-0.25, -0.2) is 0 Å². The van der Waals surface area contributed by atoms with Crippen LogP contribution >= 0.6 is 0 Å². The van der Waals surface area contributed by atoms with E-state index < -0.39 is 37.9 Å². The lowest BCUT2D eigenvalue weighted by Crippen LogP contribution is -2.63. The molecule has 0 unspecified atom stereocenters. The molecule has 4 aromatic carbocycles. The van der Waals surface area contributed by atoms with E-state index >= 15 is 0 Å². The molecule has 0 N–H and O–H groups in total. The predicted molar refractivity (Wildman–Crippen MR) is 231 cm³/mol. The van der Waals surface area contributed by atoms with E-state index in [1.54, 1.807) is 0 Å². The van der Waals surface area contributed by atoms with Crippen molar-refractivity contribution in [2.24, 2.45) is 68.0 Å². The summed E-state index contributed by atoms with van der Waals surface area (Å²) in [6, 6.07) is 40.7. The first-order valence-corrected chi connectivity index (χ1v) is 21.2. The predicted octanol–water partition coefficient (Wildman–Crippen LogP) is 10.7. The fourth-order valence-corrected chi connectivity index (χ4v) is 14.4. The maximum Gasteiger partial charge on any atom is 1.00 e. The number of fused-ring (bicyclic) bond motifs is 4. The first-order valence-electron chi connectivity index (χ1n) is 21.2. The Morgan fingerprint density at radius 1 is 0.466 bits per heavy atom. The molecule has 6 fully saturated rings. The zero-order chi connectivity index (χ0) is 41.6. The van der Waals surface area contributed by atoms with E-state index in [0.29, 0.717) is 6.42 Å². The second-order valence-electron chi connectivity index (χ2n) is 20.7. The standard InChI is InChI=1S/C27H29O2.C27H28O2/c2*1-24(2,3)20-16-19-22(28)26(5)21(23(29)25(19,20)4)27(26,17-12-8-6-9-13-17)18-14-10-7-11-15-18/h6-15,19-21H,1,16H2,2-5H3;6-15,19-21H,1-2,16H2,3-5H3/q-1;-2/p+3/t2*19-,20-,21+,25+,26+/m00/s1. The smallest absolute Gasteiger partial charge is 0.367 e. The fourth-order valence-electron chi connectivity index (χ4n) is 14.4. The first-order chi connectivity index (χ1) is 27.2. The van der Waals surface area contributed by atoms with E-state index in [4.69, 9.17) is 0 Å². The summed E-state index contributed by atoms with van der Waals surface area (Å²) in [5, 5.41) is 0. The second kappa shape index (κ2) is 12.1. The van der Waals surface area contributed by atoms with Crippen molar-refractivity contribution in [1.29, 1.82) is 0 Å². The van der Waals surface area contributed by atoms with Crippen molar-refractivity contribution in [3.8, 4) is 0 Å². The number of Topliss-reactive ketones (excluding diaryl/α,β-unsaturated/α-hetero) is 4. The molecule has 0 aromatic heterocycles. The van der Waals surface area contributed by atoms with Gasteiger partial charge in [-0.2, -0.15) is 5.41 Å². The molecule has 6 saturated carbocycles. The Morgan fingerprint density at radius 3 is 1.02 bits per heavy atom. The first kappa shape index (κ1) is 39.0. The number of benzene rings is 4. The monoisotopic (exact) mass is 772 g/mol. The lowest BCUT2D eigenvalue weighted by atomic mass is 9.41. The molecular weight excluding hydrogens is 713 g/mol. The zero-order valence-electron chi connectivity index (χ0n) is 38.2. The third kappa shape index (κ3) is 4.38. The summed E-state index contributed by atoms with van der Waals surface area (Å²) >= 11 is 0. The van der Waals surface area contributed by atoms with Crippen LogP contribution in [0.4, 0.5) is 0 Å². The van der Waals surface area contributed by atoms with Crippen molar-refractivity contribution in [1.82, 2.24) is 0 Å². The third-order valence-electron chi connectivity index (χ3n) is 17.3. The van der Waals surface area contributed by atoms with Crippen LogP contribution in [-0.2, 0) is 30.0 Å². The van der Waals surface area contributed by atoms with E-state index in [1.807, 2.05) is 107 Å². The minimum Gasteiger partial charge on any atom is -0.367 e. The quantitative estimate of drug-likeness (QED) is 0.183. The number of carbonyl (C=O) groups excluding carboxylic acids is 4. The summed E-state index contributed by atoms with van der Waals surface area (Å²) in [6.07, 6.45) is 1.49. The molecule has 4 aromatic rings. The van der Waals surface area contributed by atoms with Crippen molar-refractivity contribution in [3.05, 3.63) is 164 Å². The lowest BCUT2D eigenvalue weighted by Gasteiger charge is -2.65. The summed E-state index contributed by atoms with van der Waals surface area (Å²) < 4.78 is 0. The molecule has 10 atom stereocenters. The molecule has 6 aliphatic rings. The van der Waals surface area contributed by atoms with Crippen LogP contribution in [0, 0.1) is 88.8 Å². The summed E-state index contributed by atoms with van der Waals surface area (Å²) in [5.41, 5.74) is -0.212. The van der Waals surface area contributed by atoms with E-state index in [9.17, 15) is 19.2 Å². The fraction of sp³-hybridized carbons (Fsp3) is 0.426. The lowest BCUT2D eigenvalue weighted by molar-refractivity contribution is -0.175. The van der Waals surface area contributed by atoms with Crippen molar-refractivity contribution in [3.63, 3.8) is 0 Å². The largest absolute Gasteiger partial charge is 1.00 e. The van der Waals surface area contributed by atoms with Gasteiger partial charge in [0.15, 0.2) is 0 Å². The van der Waals surface area contributed by atoms with Crippen molar-refractivity contribution < 1.29 is 23.5 Å². The van der Waals surface area contributed by atoms with Crippen LogP contribution in [0.15, 0.2) is 121 Å². The molecule has 4 heteroatoms. The van der Waals surface area contributed by atoms with Gasteiger partial charge in [0.2, 0.25) is 0 Å². The van der Waals surface area contributed by atoms with Crippen LogP contribution in [-0.4, -0.2) is 23.1 Å². The summed E-state index contributed by atoms with van der Waals surface area (Å²) in [5.74, 6) is 0.150. The molecule has 0 saturated heterocycles. The van der Waals surface area contributed by atoms with Gasteiger partial charge in [0, 0.05) is 45.3 Å². The minimum atomic E-state index is -0.694. The topological polar surface area (TPSA) is 68.3 Å². The molecule has 4 nitrogen and oxygen atoms in total. The van der Waals surface area contributed by atoms with Crippen molar-refractivity contribution in [2.45, 2.75) is 72.1 Å². The maximum atomic E-state index is 14.1. The Morgan fingerprint density at radius 2 is 0.741 bits per heavy atom. The van der Waals surface area contributed by atoms with Gasteiger partial charge >= 0.3 is 4.28 Å². The van der Waals surface area contributed by atoms with Gasteiger partial charge in [-0.15, -0.1) is 6.92 Å². The van der Waals surface area contributed by atoms with Crippen LogP contribution < -0.4 is 0 Å². The summed E-state index contributed by atoms with van der Waals surface area (Å²) in [4.78, 5) is 56.2. The number of hydrogen-bond acceptors (Lipinski definition) is 4. The SMILES string of the molecule is [CH2-]C(C)(C)[C@@H]1C[C@H]2C(=O)[C@@]3(C)[C@@H](C(=O)[C@]21C)C3(c1ccccc1)c1ccccc1.[CH2-]C([CH2-])(C)[C@@H]1C[C@H]2C(=O)[C@@]3(C)[C@@H](C(=O)[C@]21C)C3(c1ccccc1)c1ccccc1.[H+].[H+].[H+]. The molecule has 0 amide bonds. The molecule has 0 spiro atoms. The Labute approximate surface area is 350 Å². The highest BCUT2D eigenvalue weighted by Gasteiger charge is 2.89. The Bertz CT molecular complexity index is 2100. The highest BCUT2D eigenvalue weighted by atomic mass is 16.2. The van der Waals surface area contributed by atoms with Crippen LogP contribution in [0.3, 0.4) is 0 Å². The van der Waals surface area contributed by atoms with Gasteiger partial charge in [0.25, 0.3) is 0 Å². The maximum absolute atomic E-state index is 14.1. The van der Waals surface area contributed by atoms with Gasteiger partial charge in [-0.05, 0) is 41.0 Å². The average Bonchev–Trinajstić information content (AvgIpc) is 4.00. The summed E-state index contributed by atoms with van der Waals surface area (Å²) in [7, 11) is 0. The number of ketones is 4. The van der Waals surface area contributed by atoms with E-state index in [2.05, 4.69) is 83.1 Å². The second-order valence-corrected chi connectivity index (χ2v) is 20.7. The van der Waals surface area contributed by atoms with Gasteiger partial charge in [-0.3, -0.25) is 24.6 Å². The molecule has 6 aliphatic carbocycles. The average molecular weight is 773 g/mol. The molecule has 0 heterocycles. The summed E-state index contributed by atoms with van der Waals surface area (Å²) in [6.45, 7) is 27.1. The van der Waals surface area contributed by atoms with Crippen molar-refractivity contribution >= 4 is 23.1 Å². The van der Waals surface area contributed by atoms with Crippen LogP contribution in [0.2, 0.25) is 0 Å². The van der Waals surface area contributed by atoms with E-state index in [1.165, 1.54) is 0 Å². The highest BCUT2D eigenvalue weighted by molar-refractivity contribution is 6.14. The van der Waals surface area contributed by atoms with Crippen LogP contribution in [0.25, 0.3) is 0 Å². The van der Waals surface area contributed by atoms with Crippen LogP contribution in [0.1, 0.15) is 87.8 Å². The molecular formula is C54H60O4.